The van der Waals surface area contributed by atoms with Crippen LogP contribution in [-0.4, -0.2) is 20.3 Å². The van der Waals surface area contributed by atoms with Crippen LogP contribution in [0.3, 0.4) is 0 Å². The second-order valence-electron chi connectivity index (χ2n) is 3.48. The van der Waals surface area contributed by atoms with Gasteiger partial charge in [-0.25, -0.2) is 4.63 Å². The number of rotatable bonds is 2. The lowest BCUT2D eigenvalue weighted by Gasteiger charge is -2.03. The molecule has 3 rings (SSSR count). The molecular weight excluding hydrogens is 258 g/mol. The highest BCUT2D eigenvalue weighted by Gasteiger charge is 2.08. The molecule has 0 aliphatic heterocycles. The highest BCUT2D eigenvalue weighted by Crippen LogP contribution is 2.16. The van der Waals surface area contributed by atoms with Crippen molar-refractivity contribution in [3.05, 3.63) is 39.6 Å². The monoisotopic (exact) mass is 263 g/mol. The van der Waals surface area contributed by atoms with Crippen molar-refractivity contribution in [2.45, 2.75) is 0 Å². The Morgan fingerprint density at radius 2 is 2.00 bits per heavy atom. The predicted octanol–water partition coefficient (Wildman–Crippen LogP) is 1.70. The van der Waals surface area contributed by atoms with Gasteiger partial charge in [0, 0.05) is 10.7 Å². The first-order valence-corrected chi connectivity index (χ1v) is 5.35. The minimum atomic E-state index is -0.409. The minimum Gasteiger partial charge on any atom is -0.336 e. The number of aromatic nitrogens is 4. The Morgan fingerprint density at radius 3 is 2.78 bits per heavy atom. The van der Waals surface area contributed by atoms with Gasteiger partial charge in [0.15, 0.2) is 5.82 Å². The Morgan fingerprint density at radius 1 is 1.22 bits per heavy atom. The SMILES string of the molecule is O=c1[nH]c2nonc2nc1Nc1ccc(Cl)cc1. The average molecular weight is 264 g/mol. The number of halogens is 1. The predicted molar refractivity (Wildman–Crippen MR) is 65.0 cm³/mol. The maximum absolute atomic E-state index is 11.7. The van der Waals surface area contributed by atoms with E-state index in [1.807, 2.05) is 0 Å². The lowest BCUT2D eigenvalue weighted by molar-refractivity contribution is 0.314. The van der Waals surface area contributed by atoms with Gasteiger partial charge >= 0.3 is 0 Å². The minimum absolute atomic E-state index is 0.112. The van der Waals surface area contributed by atoms with Crippen molar-refractivity contribution in [1.82, 2.24) is 20.3 Å². The second-order valence-corrected chi connectivity index (χ2v) is 3.92. The van der Waals surface area contributed by atoms with Crippen LogP contribution in [0.5, 0.6) is 0 Å². The van der Waals surface area contributed by atoms with Gasteiger partial charge in [-0.1, -0.05) is 11.6 Å². The van der Waals surface area contributed by atoms with Crippen molar-refractivity contribution in [2.75, 3.05) is 5.32 Å². The van der Waals surface area contributed by atoms with Crippen molar-refractivity contribution in [3.8, 4) is 0 Å². The van der Waals surface area contributed by atoms with E-state index in [-0.39, 0.29) is 17.1 Å². The van der Waals surface area contributed by atoms with E-state index < -0.39 is 5.56 Å². The summed E-state index contributed by atoms with van der Waals surface area (Å²) in [6.45, 7) is 0. The van der Waals surface area contributed by atoms with E-state index >= 15 is 0 Å². The first-order valence-electron chi connectivity index (χ1n) is 4.97. The van der Waals surface area contributed by atoms with Crippen LogP contribution >= 0.6 is 11.6 Å². The zero-order valence-corrected chi connectivity index (χ0v) is 9.60. The molecule has 0 atom stereocenters. The molecule has 0 bridgehead atoms. The Bertz CT molecular complexity index is 749. The third-order valence-corrected chi connectivity index (χ3v) is 2.49. The molecule has 2 aromatic heterocycles. The molecule has 0 radical (unpaired) electrons. The zero-order chi connectivity index (χ0) is 12.5. The summed E-state index contributed by atoms with van der Waals surface area (Å²) < 4.78 is 4.46. The van der Waals surface area contributed by atoms with Gasteiger partial charge in [-0.3, -0.25) is 9.78 Å². The van der Waals surface area contributed by atoms with E-state index in [1.54, 1.807) is 24.3 Å². The van der Waals surface area contributed by atoms with Gasteiger partial charge < -0.3 is 5.32 Å². The molecule has 0 unspecified atom stereocenters. The number of nitrogens with zero attached hydrogens (tertiary/aromatic N) is 3. The van der Waals surface area contributed by atoms with E-state index in [4.69, 9.17) is 11.6 Å². The van der Waals surface area contributed by atoms with Crippen LogP contribution in [0.15, 0.2) is 33.7 Å². The molecule has 3 aromatic rings. The molecule has 8 heteroatoms. The number of hydrogen-bond donors (Lipinski definition) is 2. The van der Waals surface area contributed by atoms with Gasteiger partial charge in [0.2, 0.25) is 11.3 Å². The number of fused-ring (bicyclic) bond motifs is 1. The van der Waals surface area contributed by atoms with E-state index in [2.05, 4.69) is 30.2 Å². The summed E-state index contributed by atoms with van der Waals surface area (Å²) in [6, 6.07) is 6.87. The summed E-state index contributed by atoms with van der Waals surface area (Å²) in [5.74, 6) is 0.112. The number of nitrogens with one attached hydrogen (secondary N) is 2. The molecule has 18 heavy (non-hydrogen) atoms. The molecule has 2 N–H and O–H groups in total. The number of anilines is 2. The molecule has 7 nitrogen and oxygen atoms in total. The van der Waals surface area contributed by atoms with Gasteiger partial charge in [-0.15, -0.1) is 0 Å². The van der Waals surface area contributed by atoms with Crippen molar-refractivity contribution >= 4 is 34.4 Å². The molecule has 2 heterocycles. The summed E-state index contributed by atoms with van der Waals surface area (Å²) >= 11 is 5.77. The molecule has 90 valence electrons. The molecule has 1 aromatic carbocycles. The molecule has 0 aliphatic carbocycles. The van der Waals surface area contributed by atoms with E-state index in [9.17, 15) is 4.79 Å². The normalized spacial score (nSPS) is 10.7. The highest BCUT2D eigenvalue weighted by molar-refractivity contribution is 6.30. The Hall–Kier alpha value is -2.41. The van der Waals surface area contributed by atoms with E-state index in [1.165, 1.54) is 0 Å². The maximum Gasteiger partial charge on any atom is 0.292 e. The fourth-order valence-corrected chi connectivity index (χ4v) is 1.54. The van der Waals surface area contributed by atoms with Crippen LogP contribution in [0.1, 0.15) is 0 Å². The van der Waals surface area contributed by atoms with Gasteiger partial charge in [-0.05, 0) is 34.6 Å². The van der Waals surface area contributed by atoms with Crippen molar-refractivity contribution in [3.63, 3.8) is 0 Å². The van der Waals surface area contributed by atoms with Crippen LogP contribution < -0.4 is 10.9 Å². The summed E-state index contributed by atoms with van der Waals surface area (Å²) in [5, 5.41) is 10.5. The first kappa shape index (κ1) is 10.7. The second kappa shape index (κ2) is 4.11. The lowest BCUT2D eigenvalue weighted by atomic mass is 10.3. The van der Waals surface area contributed by atoms with Gasteiger partial charge in [-0.2, -0.15) is 4.98 Å². The summed E-state index contributed by atoms with van der Waals surface area (Å²) in [6.07, 6.45) is 0. The van der Waals surface area contributed by atoms with Crippen molar-refractivity contribution in [1.29, 1.82) is 0 Å². The number of hydrogen-bond acceptors (Lipinski definition) is 6. The van der Waals surface area contributed by atoms with Gasteiger partial charge in [0.25, 0.3) is 5.56 Å². The molecule has 0 amide bonds. The zero-order valence-electron chi connectivity index (χ0n) is 8.85. The fraction of sp³-hybridized carbons (Fsp3) is 0. The first-order chi connectivity index (χ1) is 8.72. The third-order valence-electron chi connectivity index (χ3n) is 2.24. The van der Waals surface area contributed by atoms with Crippen molar-refractivity contribution < 1.29 is 4.63 Å². The van der Waals surface area contributed by atoms with Gasteiger partial charge in [0.05, 0.1) is 0 Å². The van der Waals surface area contributed by atoms with Crippen LogP contribution in [0.4, 0.5) is 11.5 Å². The lowest BCUT2D eigenvalue weighted by Crippen LogP contribution is -2.13. The summed E-state index contributed by atoms with van der Waals surface area (Å²) in [7, 11) is 0. The highest BCUT2D eigenvalue weighted by atomic mass is 35.5. The molecular formula is C10H6ClN5O2. The molecule has 0 fully saturated rings. The van der Waals surface area contributed by atoms with Crippen LogP contribution in [0, 0.1) is 0 Å². The standard InChI is InChI=1S/C10H6ClN5O2/c11-5-1-3-6(4-2-5)12-9-10(17)14-8-7(13-9)15-18-16-8/h1-4H,(H,12,13,15)(H,14,16,17). The number of benzene rings is 1. The number of H-pyrrole nitrogens is 1. The van der Waals surface area contributed by atoms with E-state index in [0.29, 0.717) is 10.7 Å². The Labute approximate surface area is 105 Å². The topological polar surface area (TPSA) is 96.7 Å². The fourth-order valence-electron chi connectivity index (χ4n) is 1.41. The largest absolute Gasteiger partial charge is 0.336 e. The molecule has 0 spiro atoms. The molecule has 0 aliphatic rings. The van der Waals surface area contributed by atoms with Crippen LogP contribution in [-0.2, 0) is 0 Å². The quantitative estimate of drug-likeness (QED) is 0.730. The Balaban J connectivity index is 2.01. The third kappa shape index (κ3) is 1.91. The van der Waals surface area contributed by atoms with Crippen LogP contribution in [0.25, 0.3) is 11.3 Å². The maximum atomic E-state index is 11.7. The average Bonchev–Trinajstić information content (AvgIpc) is 2.79. The van der Waals surface area contributed by atoms with E-state index in [0.717, 1.165) is 0 Å². The molecule has 0 saturated heterocycles. The van der Waals surface area contributed by atoms with Crippen LogP contribution in [0.2, 0.25) is 5.02 Å². The summed E-state index contributed by atoms with van der Waals surface area (Å²) in [5.41, 5.74) is 0.717. The number of aromatic amines is 1. The molecule has 0 saturated carbocycles. The summed E-state index contributed by atoms with van der Waals surface area (Å²) in [4.78, 5) is 18.2. The van der Waals surface area contributed by atoms with Crippen molar-refractivity contribution in [2.24, 2.45) is 0 Å². The smallest absolute Gasteiger partial charge is 0.292 e. The Kier molecular flexibility index (Phi) is 2.45. The van der Waals surface area contributed by atoms with Gasteiger partial charge in [0.1, 0.15) is 0 Å².